The van der Waals surface area contributed by atoms with E-state index in [1.165, 1.54) is 56.7 Å². The molecule has 0 spiro atoms. The van der Waals surface area contributed by atoms with E-state index in [9.17, 15) is 30.3 Å². The maximum Gasteiger partial charge on any atom is 0.185 e. The van der Waals surface area contributed by atoms with Crippen LogP contribution in [0.1, 0.15) is 27.0 Å². The normalized spacial score (nSPS) is 10.9. The molecule has 3 rings (SSSR count). The summed E-state index contributed by atoms with van der Waals surface area (Å²) in [5.41, 5.74) is 1.56. The van der Waals surface area contributed by atoms with Gasteiger partial charge < -0.3 is 35.0 Å². The van der Waals surface area contributed by atoms with E-state index in [-0.39, 0.29) is 46.3 Å². The molecule has 0 aromatic heterocycles. The zero-order valence-corrected chi connectivity index (χ0v) is 17.4. The van der Waals surface area contributed by atoms with Crippen LogP contribution in [-0.4, -0.2) is 45.5 Å². The molecule has 3 aromatic carbocycles. The van der Waals surface area contributed by atoms with Crippen LogP contribution in [0.5, 0.6) is 40.2 Å². The molecule has 0 aliphatic heterocycles. The van der Waals surface area contributed by atoms with E-state index in [0.29, 0.717) is 16.9 Å². The molecular formula is C24H22O8. The van der Waals surface area contributed by atoms with Crippen molar-refractivity contribution in [2.45, 2.75) is 6.42 Å². The van der Waals surface area contributed by atoms with E-state index in [0.717, 1.165) is 6.07 Å². The molecule has 0 atom stereocenters. The topological polar surface area (TPSA) is 137 Å². The van der Waals surface area contributed by atoms with E-state index in [2.05, 4.69) is 0 Å². The summed E-state index contributed by atoms with van der Waals surface area (Å²) in [6, 6.07) is 9.46. The number of hydrogen-bond acceptors (Lipinski definition) is 8. The zero-order valence-electron chi connectivity index (χ0n) is 17.4. The number of hydrogen-bond donors (Lipinski definition) is 5. The average Bonchev–Trinajstić information content (AvgIpc) is 2.77. The number of rotatable bonds is 7. The summed E-state index contributed by atoms with van der Waals surface area (Å²) in [4.78, 5) is 12.5. The molecule has 0 radical (unpaired) electrons. The molecule has 0 saturated heterocycles. The number of phenolic OH excluding ortho intramolecular Hbond substituents is 5. The van der Waals surface area contributed by atoms with Gasteiger partial charge in [-0.1, -0.05) is 6.07 Å². The fourth-order valence-electron chi connectivity index (χ4n) is 3.24. The molecule has 0 fully saturated rings. The van der Waals surface area contributed by atoms with Crippen LogP contribution in [0, 0.1) is 0 Å². The molecule has 166 valence electrons. The van der Waals surface area contributed by atoms with Crippen LogP contribution in [-0.2, 0) is 6.42 Å². The van der Waals surface area contributed by atoms with Gasteiger partial charge in [0.25, 0.3) is 0 Å². The van der Waals surface area contributed by atoms with Gasteiger partial charge in [0.05, 0.1) is 19.8 Å². The lowest BCUT2D eigenvalue weighted by Gasteiger charge is -2.17. The predicted octanol–water partition coefficient (Wildman–Crippen LogP) is 3.72. The summed E-state index contributed by atoms with van der Waals surface area (Å²) in [5.74, 6) is -1.36. The van der Waals surface area contributed by atoms with Crippen LogP contribution in [0.3, 0.4) is 0 Å². The number of benzene rings is 3. The largest absolute Gasteiger partial charge is 0.507 e. The van der Waals surface area contributed by atoms with Crippen LogP contribution in [0.2, 0.25) is 0 Å². The van der Waals surface area contributed by atoms with Crippen molar-refractivity contribution in [2.24, 2.45) is 0 Å². The quantitative estimate of drug-likeness (QED) is 0.214. The zero-order chi connectivity index (χ0) is 23.4. The summed E-state index contributed by atoms with van der Waals surface area (Å²) in [7, 11) is 2.84. The predicted molar refractivity (Wildman–Crippen MR) is 117 cm³/mol. The van der Waals surface area contributed by atoms with Crippen molar-refractivity contribution in [1.29, 1.82) is 0 Å². The second-order valence-corrected chi connectivity index (χ2v) is 6.92. The van der Waals surface area contributed by atoms with E-state index in [1.54, 1.807) is 6.07 Å². The summed E-state index contributed by atoms with van der Waals surface area (Å²) < 4.78 is 10.9. The number of aromatic hydroxyl groups is 5. The van der Waals surface area contributed by atoms with Gasteiger partial charge in [-0.25, -0.2) is 0 Å². The highest BCUT2D eigenvalue weighted by Gasteiger charge is 2.19. The minimum absolute atomic E-state index is 0.142. The third-order valence-electron chi connectivity index (χ3n) is 4.87. The molecule has 8 nitrogen and oxygen atoms in total. The second-order valence-electron chi connectivity index (χ2n) is 6.92. The number of carbonyl (C=O) groups is 1. The second kappa shape index (κ2) is 9.22. The fourth-order valence-corrected chi connectivity index (χ4v) is 3.24. The Bertz CT molecular complexity index is 1200. The van der Waals surface area contributed by atoms with Gasteiger partial charge in [-0.3, -0.25) is 4.79 Å². The van der Waals surface area contributed by atoms with Gasteiger partial charge >= 0.3 is 0 Å². The highest BCUT2D eigenvalue weighted by molar-refractivity contribution is 6.07. The van der Waals surface area contributed by atoms with Crippen molar-refractivity contribution < 1.29 is 39.8 Å². The van der Waals surface area contributed by atoms with Crippen molar-refractivity contribution in [3.8, 4) is 40.2 Å². The average molecular weight is 438 g/mol. The Morgan fingerprint density at radius 3 is 2.06 bits per heavy atom. The third-order valence-corrected chi connectivity index (χ3v) is 4.87. The summed E-state index contributed by atoms with van der Waals surface area (Å²) in [5, 5.41) is 48.8. The molecule has 0 amide bonds. The third kappa shape index (κ3) is 4.54. The summed E-state index contributed by atoms with van der Waals surface area (Å²) in [6.45, 7) is 0. The molecule has 0 unspecified atom stereocenters. The van der Waals surface area contributed by atoms with Crippen LogP contribution >= 0.6 is 0 Å². The molecule has 0 aliphatic carbocycles. The molecule has 3 aromatic rings. The summed E-state index contributed by atoms with van der Waals surface area (Å²) >= 11 is 0. The van der Waals surface area contributed by atoms with Crippen LogP contribution in [0.25, 0.3) is 6.08 Å². The van der Waals surface area contributed by atoms with Gasteiger partial charge in [0.1, 0.15) is 17.2 Å². The van der Waals surface area contributed by atoms with E-state index in [1.807, 2.05) is 0 Å². The van der Waals surface area contributed by atoms with Crippen LogP contribution in [0.4, 0.5) is 0 Å². The van der Waals surface area contributed by atoms with Crippen molar-refractivity contribution in [3.63, 3.8) is 0 Å². The van der Waals surface area contributed by atoms with Gasteiger partial charge in [-0.15, -0.1) is 0 Å². The highest BCUT2D eigenvalue weighted by Crippen LogP contribution is 2.41. The molecule has 8 heteroatoms. The number of phenols is 5. The molecular weight excluding hydrogens is 416 g/mol. The first-order chi connectivity index (χ1) is 15.2. The standard InChI is InChI=1S/C24H22O8/c1-31-23-12-20(28)15(5-8-17(25)14-4-7-19(27)22(30)11-14)24(32-2)16(23)9-13-3-6-18(26)21(29)10-13/h3-8,10-12,26-30H,9H2,1-2H3/b8-5+. The van der Waals surface area contributed by atoms with Crippen molar-refractivity contribution >= 4 is 11.9 Å². The maximum absolute atomic E-state index is 12.5. The van der Waals surface area contributed by atoms with Crippen molar-refractivity contribution in [1.82, 2.24) is 0 Å². The van der Waals surface area contributed by atoms with Crippen molar-refractivity contribution in [3.05, 3.63) is 70.8 Å². The lowest BCUT2D eigenvalue weighted by molar-refractivity contribution is 0.104. The Balaban J connectivity index is 2.02. The SMILES string of the molecule is COc1cc(O)c(/C=C/C(=O)c2ccc(O)c(O)c2)c(OC)c1Cc1ccc(O)c(O)c1. The lowest BCUT2D eigenvalue weighted by Crippen LogP contribution is -2.01. The van der Waals surface area contributed by atoms with E-state index < -0.39 is 11.5 Å². The number of allylic oxidation sites excluding steroid dienone is 1. The lowest BCUT2D eigenvalue weighted by atomic mass is 9.98. The van der Waals surface area contributed by atoms with Crippen LogP contribution in [0.15, 0.2) is 48.5 Å². The Kier molecular flexibility index (Phi) is 6.44. The first kappa shape index (κ1) is 22.4. The molecule has 0 heterocycles. The van der Waals surface area contributed by atoms with Crippen LogP contribution < -0.4 is 9.47 Å². The molecule has 5 N–H and O–H groups in total. The Hall–Kier alpha value is -4.33. The summed E-state index contributed by atoms with van der Waals surface area (Å²) in [6.07, 6.45) is 2.81. The first-order valence-corrected chi connectivity index (χ1v) is 9.47. The van der Waals surface area contributed by atoms with Gasteiger partial charge in [0.15, 0.2) is 28.8 Å². The minimum Gasteiger partial charge on any atom is -0.507 e. The molecule has 32 heavy (non-hydrogen) atoms. The van der Waals surface area contributed by atoms with E-state index >= 15 is 0 Å². The first-order valence-electron chi connectivity index (χ1n) is 9.47. The monoisotopic (exact) mass is 438 g/mol. The highest BCUT2D eigenvalue weighted by atomic mass is 16.5. The number of carbonyl (C=O) groups excluding carboxylic acids is 1. The number of ether oxygens (including phenoxy) is 2. The number of ketones is 1. The Labute approximate surface area is 183 Å². The number of methoxy groups -OCH3 is 2. The minimum atomic E-state index is -0.470. The van der Waals surface area contributed by atoms with Gasteiger partial charge in [0, 0.05) is 23.6 Å². The fraction of sp³-hybridized carbons (Fsp3) is 0.125. The van der Waals surface area contributed by atoms with E-state index in [4.69, 9.17) is 9.47 Å². The smallest absolute Gasteiger partial charge is 0.185 e. The van der Waals surface area contributed by atoms with Gasteiger partial charge in [-0.05, 0) is 48.0 Å². The Morgan fingerprint density at radius 1 is 0.812 bits per heavy atom. The molecule has 0 saturated carbocycles. The van der Waals surface area contributed by atoms with Crippen molar-refractivity contribution in [2.75, 3.05) is 14.2 Å². The Morgan fingerprint density at radius 2 is 1.47 bits per heavy atom. The maximum atomic E-state index is 12.5. The molecule has 0 bridgehead atoms. The van der Waals surface area contributed by atoms with Gasteiger partial charge in [-0.2, -0.15) is 0 Å². The van der Waals surface area contributed by atoms with Gasteiger partial charge in [0.2, 0.25) is 0 Å². The molecule has 0 aliphatic rings.